The summed E-state index contributed by atoms with van der Waals surface area (Å²) < 4.78 is 13.6. The average molecular weight is 318 g/mol. The SMILES string of the molecule is Cn1ccnc1[C@@H]1OCCC[C@H]1NCc1nc(C(C)(C)C)co1. The van der Waals surface area contributed by atoms with Gasteiger partial charge < -0.3 is 19.0 Å². The van der Waals surface area contributed by atoms with E-state index in [4.69, 9.17) is 9.15 Å². The Hall–Kier alpha value is -1.66. The van der Waals surface area contributed by atoms with E-state index < -0.39 is 0 Å². The van der Waals surface area contributed by atoms with Gasteiger partial charge in [0.25, 0.3) is 0 Å². The van der Waals surface area contributed by atoms with E-state index in [9.17, 15) is 0 Å². The molecule has 0 aliphatic carbocycles. The quantitative estimate of drug-likeness (QED) is 0.939. The topological polar surface area (TPSA) is 65.1 Å². The lowest BCUT2D eigenvalue weighted by molar-refractivity contribution is -0.0183. The molecule has 2 aromatic rings. The van der Waals surface area contributed by atoms with Crippen LogP contribution in [0.2, 0.25) is 0 Å². The van der Waals surface area contributed by atoms with E-state index in [-0.39, 0.29) is 17.6 Å². The van der Waals surface area contributed by atoms with Gasteiger partial charge in [-0.3, -0.25) is 0 Å². The summed E-state index contributed by atoms with van der Waals surface area (Å²) in [4.78, 5) is 9.02. The molecule has 1 N–H and O–H groups in total. The molecule has 0 aromatic carbocycles. The molecule has 0 amide bonds. The highest BCUT2D eigenvalue weighted by atomic mass is 16.5. The molecule has 1 fully saturated rings. The van der Waals surface area contributed by atoms with Gasteiger partial charge >= 0.3 is 0 Å². The summed E-state index contributed by atoms with van der Waals surface area (Å²) in [5, 5.41) is 3.53. The number of ether oxygens (including phenoxy) is 1. The Bertz CT molecular complexity index is 641. The van der Waals surface area contributed by atoms with Gasteiger partial charge in [0.1, 0.15) is 18.2 Å². The van der Waals surface area contributed by atoms with Crippen LogP contribution in [0.4, 0.5) is 0 Å². The van der Waals surface area contributed by atoms with Gasteiger partial charge in [0.15, 0.2) is 0 Å². The molecule has 0 radical (unpaired) electrons. The van der Waals surface area contributed by atoms with Crippen molar-refractivity contribution in [3.05, 3.63) is 36.1 Å². The fourth-order valence-electron chi connectivity index (χ4n) is 2.85. The van der Waals surface area contributed by atoms with E-state index in [1.807, 2.05) is 24.0 Å². The van der Waals surface area contributed by atoms with Crippen molar-refractivity contribution in [2.24, 2.45) is 7.05 Å². The first kappa shape index (κ1) is 16.2. The van der Waals surface area contributed by atoms with Gasteiger partial charge in [0.05, 0.1) is 12.2 Å². The van der Waals surface area contributed by atoms with E-state index >= 15 is 0 Å². The maximum Gasteiger partial charge on any atom is 0.208 e. The third kappa shape index (κ3) is 3.64. The Morgan fingerprint density at radius 3 is 2.87 bits per heavy atom. The fourth-order valence-corrected chi connectivity index (χ4v) is 2.85. The number of rotatable bonds is 4. The summed E-state index contributed by atoms with van der Waals surface area (Å²) in [6.07, 6.45) is 7.61. The molecule has 126 valence electrons. The van der Waals surface area contributed by atoms with E-state index in [1.165, 1.54) is 0 Å². The Balaban J connectivity index is 1.66. The van der Waals surface area contributed by atoms with Gasteiger partial charge in [-0.15, -0.1) is 0 Å². The Morgan fingerprint density at radius 2 is 2.22 bits per heavy atom. The second-order valence-corrected chi connectivity index (χ2v) is 7.19. The highest BCUT2D eigenvalue weighted by Gasteiger charge is 2.30. The first-order valence-electron chi connectivity index (χ1n) is 8.22. The normalized spacial score (nSPS) is 22.4. The van der Waals surface area contributed by atoms with Crippen molar-refractivity contribution >= 4 is 0 Å². The van der Waals surface area contributed by atoms with Gasteiger partial charge in [-0.05, 0) is 12.8 Å². The van der Waals surface area contributed by atoms with Crippen molar-refractivity contribution in [3.63, 3.8) is 0 Å². The van der Waals surface area contributed by atoms with Crippen LogP contribution in [0.3, 0.4) is 0 Å². The summed E-state index contributed by atoms with van der Waals surface area (Å²) in [6.45, 7) is 7.78. The van der Waals surface area contributed by atoms with Crippen molar-refractivity contribution in [2.75, 3.05) is 6.61 Å². The van der Waals surface area contributed by atoms with Crippen LogP contribution in [0.25, 0.3) is 0 Å². The summed E-state index contributed by atoms with van der Waals surface area (Å²) in [5.41, 5.74) is 0.986. The Morgan fingerprint density at radius 1 is 1.39 bits per heavy atom. The predicted octanol–water partition coefficient (Wildman–Crippen LogP) is 2.72. The average Bonchev–Trinajstić information content (AvgIpc) is 3.14. The van der Waals surface area contributed by atoms with E-state index in [0.29, 0.717) is 6.54 Å². The van der Waals surface area contributed by atoms with Crippen LogP contribution in [0.5, 0.6) is 0 Å². The van der Waals surface area contributed by atoms with Crippen LogP contribution in [-0.4, -0.2) is 27.2 Å². The lowest BCUT2D eigenvalue weighted by Gasteiger charge is -2.31. The van der Waals surface area contributed by atoms with E-state index in [0.717, 1.165) is 36.9 Å². The molecule has 2 atom stereocenters. The minimum absolute atomic E-state index is 0.00515. The predicted molar refractivity (Wildman–Crippen MR) is 87.0 cm³/mol. The lowest BCUT2D eigenvalue weighted by Crippen LogP contribution is -2.40. The Kier molecular flexibility index (Phi) is 4.55. The molecule has 23 heavy (non-hydrogen) atoms. The molecule has 1 aliphatic rings. The monoisotopic (exact) mass is 318 g/mol. The van der Waals surface area contributed by atoms with Gasteiger partial charge in [-0.25, -0.2) is 9.97 Å². The molecule has 3 rings (SSSR count). The largest absolute Gasteiger partial charge is 0.447 e. The van der Waals surface area contributed by atoms with E-state index in [2.05, 4.69) is 36.1 Å². The molecule has 6 nitrogen and oxygen atoms in total. The maximum atomic E-state index is 5.97. The third-order valence-electron chi connectivity index (χ3n) is 4.27. The molecule has 0 unspecified atom stereocenters. The first-order valence-corrected chi connectivity index (χ1v) is 8.22. The Labute approximate surface area is 137 Å². The van der Waals surface area contributed by atoms with Crippen molar-refractivity contribution in [1.82, 2.24) is 19.9 Å². The molecule has 0 saturated carbocycles. The molecule has 0 spiro atoms. The standard InChI is InChI=1S/C17H26N4O2/c1-17(2,3)13-11-23-14(20-13)10-19-12-6-5-9-22-15(12)16-18-7-8-21(16)4/h7-8,11-12,15,19H,5-6,9-10H2,1-4H3/t12-,15-/m1/s1. The first-order chi connectivity index (χ1) is 10.9. The van der Waals surface area contributed by atoms with Crippen molar-refractivity contribution in [3.8, 4) is 0 Å². The molecular weight excluding hydrogens is 292 g/mol. The third-order valence-corrected chi connectivity index (χ3v) is 4.27. The number of hydrogen-bond acceptors (Lipinski definition) is 5. The zero-order valence-corrected chi connectivity index (χ0v) is 14.4. The molecule has 2 aromatic heterocycles. The zero-order chi connectivity index (χ0) is 16.4. The number of hydrogen-bond donors (Lipinski definition) is 1. The van der Waals surface area contributed by atoms with Crippen LogP contribution < -0.4 is 5.32 Å². The van der Waals surface area contributed by atoms with Gasteiger partial charge in [0.2, 0.25) is 5.89 Å². The van der Waals surface area contributed by atoms with Crippen molar-refractivity contribution < 1.29 is 9.15 Å². The molecule has 1 saturated heterocycles. The number of imidazole rings is 1. The second-order valence-electron chi connectivity index (χ2n) is 7.19. The van der Waals surface area contributed by atoms with Crippen molar-refractivity contribution in [2.45, 2.75) is 57.7 Å². The molecule has 3 heterocycles. The minimum Gasteiger partial charge on any atom is -0.447 e. The van der Waals surface area contributed by atoms with Gasteiger partial charge in [-0.1, -0.05) is 20.8 Å². The fraction of sp³-hybridized carbons (Fsp3) is 0.647. The molecule has 6 heteroatoms. The number of aryl methyl sites for hydroxylation is 1. The highest BCUT2D eigenvalue weighted by molar-refractivity contribution is 5.08. The maximum absolute atomic E-state index is 5.97. The van der Waals surface area contributed by atoms with Crippen LogP contribution in [0.15, 0.2) is 23.1 Å². The molecule has 1 aliphatic heterocycles. The summed E-state index contributed by atoms with van der Waals surface area (Å²) in [6, 6.07) is 0.217. The number of nitrogens with zero attached hydrogens (tertiary/aromatic N) is 3. The molecular formula is C17H26N4O2. The highest BCUT2D eigenvalue weighted by Crippen LogP contribution is 2.27. The van der Waals surface area contributed by atoms with Gasteiger partial charge in [0, 0.05) is 37.5 Å². The van der Waals surface area contributed by atoms with Crippen LogP contribution in [0.1, 0.15) is 57.1 Å². The smallest absolute Gasteiger partial charge is 0.208 e. The molecule has 0 bridgehead atoms. The minimum atomic E-state index is -0.0270. The lowest BCUT2D eigenvalue weighted by atomic mass is 9.93. The van der Waals surface area contributed by atoms with Crippen LogP contribution in [-0.2, 0) is 23.7 Å². The van der Waals surface area contributed by atoms with Crippen LogP contribution >= 0.6 is 0 Å². The summed E-state index contributed by atoms with van der Waals surface area (Å²) in [7, 11) is 2.00. The number of nitrogens with one attached hydrogen (secondary N) is 1. The number of oxazole rings is 1. The van der Waals surface area contributed by atoms with E-state index in [1.54, 1.807) is 6.26 Å². The zero-order valence-electron chi connectivity index (χ0n) is 14.4. The summed E-state index contributed by atoms with van der Waals surface area (Å²) in [5.74, 6) is 1.68. The second kappa shape index (κ2) is 6.45. The summed E-state index contributed by atoms with van der Waals surface area (Å²) >= 11 is 0. The number of aromatic nitrogens is 3. The van der Waals surface area contributed by atoms with Crippen LogP contribution in [0, 0.1) is 0 Å². The van der Waals surface area contributed by atoms with Crippen molar-refractivity contribution in [1.29, 1.82) is 0 Å². The van der Waals surface area contributed by atoms with Gasteiger partial charge in [-0.2, -0.15) is 0 Å².